The van der Waals surface area contributed by atoms with Crippen molar-refractivity contribution in [2.24, 2.45) is 0 Å². The van der Waals surface area contributed by atoms with Crippen molar-refractivity contribution in [3.63, 3.8) is 0 Å². The Balaban J connectivity index is -0.000000101. The molecule has 4 nitrogen and oxygen atoms in total. The Hall–Kier alpha value is -1.18. The Morgan fingerprint density at radius 2 is 0.704 bits per heavy atom. The molecule has 0 bridgehead atoms. The van der Waals surface area contributed by atoms with Crippen LogP contribution in [0.15, 0.2) is 24.3 Å². The van der Waals surface area contributed by atoms with Crippen LogP contribution in [0.4, 0.5) is 37.7 Å². The second-order valence-electron chi connectivity index (χ2n) is 3.64. The summed E-state index contributed by atoms with van der Waals surface area (Å²) < 4.78 is 73.5. The molecule has 0 aliphatic rings. The minimum atomic E-state index is -1.31. The van der Waals surface area contributed by atoms with E-state index < -0.39 is 46.3 Å². The number of halogens is 10. The number of diazo groups is 2. The van der Waals surface area contributed by atoms with E-state index in [1.807, 2.05) is 0 Å². The van der Waals surface area contributed by atoms with E-state index in [4.69, 9.17) is 10.8 Å². The van der Waals surface area contributed by atoms with Crippen molar-refractivity contribution in [1.82, 2.24) is 0 Å². The number of rotatable bonds is 0. The van der Waals surface area contributed by atoms with E-state index in [0.29, 0.717) is 24.3 Å². The van der Waals surface area contributed by atoms with Gasteiger partial charge in [0.2, 0.25) is 22.4 Å². The van der Waals surface area contributed by atoms with Crippen molar-refractivity contribution in [3.8, 4) is 0 Å². The average molecular weight is 581 g/mol. The first-order chi connectivity index (χ1) is 10.3. The van der Waals surface area contributed by atoms with Gasteiger partial charge in [-0.15, -0.1) is 0 Å². The van der Waals surface area contributed by atoms with Crippen LogP contribution >= 0.6 is 0 Å². The van der Waals surface area contributed by atoms with Gasteiger partial charge in [-0.1, -0.05) is 0 Å². The number of hydrogen-bond donors (Lipinski definition) is 0. The first-order valence-corrected chi connectivity index (χ1v) is 5.29. The predicted octanol–water partition coefficient (Wildman–Crippen LogP) is -7.72. The molecule has 2 aromatic rings. The minimum absolute atomic E-state index is 0. The molecule has 0 heterocycles. The quantitative estimate of drug-likeness (QED) is 0.135. The van der Waals surface area contributed by atoms with Crippen LogP contribution in [-0.2, 0) is 0 Å². The van der Waals surface area contributed by atoms with Crippen LogP contribution in [0.1, 0.15) is 0 Å². The van der Waals surface area contributed by atoms with Gasteiger partial charge in [-0.2, -0.15) is 8.78 Å². The fraction of sp³-hybridized carbons (Fsp3) is 0. The van der Waals surface area contributed by atoms with E-state index in [2.05, 4.69) is 9.95 Å². The molecule has 27 heavy (non-hydrogen) atoms. The molecule has 0 N–H and O–H groups in total. The zero-order valence-electron chi connectivity index (χ0n) is 12.6. The molecule has 15 heteroatoms. The Kier molecular flexibility index (Phi) is 23.0. The van der Waals surface area contributed by atoms with Gasteiger partial charge in [0.05, 0.1) is 12.1 Å². The second kappa shape index (κ2) is 17.0. The van der Waals surface area contributed by atoms with Gasteiger partial charge in [0, 0.05) is 12.1 Å². The van der Waals surface area contributed by atoms with E-state index in [1.54, 1.807) is 0 Å². The first kappa shape index (κ1) is 36.7. The summed E-state index contributed by atoms with van der Waals surface area (Å²) in [6.45, 7) is 0. The third-order valence-corrected chi connectivity index (χ3v) is 2.19. The van der Waals surface area contributed by atoms with E-state index in [-0.39, 0.29) is 73.5 Å². The van der Waals surface area contributed by atoms with Crippen molar-refractivity contribution < 1.29 is 76.0 Å². The fourth-order valence-electron chi connectivity index (χ4n) is 1.18. The molecule has 0 atom stereocenters. The van der Waals surface area contributed by atoms with Crippen LogP contribution in [-0.4, -0.2) is 23.9 Å². The van der Waals surface area contributed by atoms with Crippen LogP contribution in [0.3, 0.4) is 0 Å². The number of nitrogens with zero attached hydrogens (tertiary/aromatic N) is 4. The Morgan fingerprint density at radius 3 is 0.926 bits per heavy atom. The van der Waals surface area contributed by atoms with E-state index in [9.17, 15) is 26.3 Å². The zero-order chi connectivity index (χ0) is 16.9. The summed E-state index contributed by atoms with van der Waals surface area (Å²) in [4.78, 5) is 4.78. The summed E-state index contributed by atoms with van der Waals surface area (Å²) in [5, 5.41) is 16.1. The second-order valence-corrected chi connectivity index (χ2v) is 3.64. The van der Waals surface area contributed by atoms with E-state index >= 15 is 0 Å². The molecule has 0 spiro atoms. The maximum atomic E-state index is 12.4. The number of hydrogen-bond acceptors (Lipinski definition) is 2. The predicted molar refractivity (Wildman–Crippen MR) is 70.7 cm³/mol. The van der Waals surface area contributed by atoms with Crippen LogP contribution in [0.25, 0.3) is 9.95 Å². The molecule has 0 aromatic heterocycles. The standard InChI is InChI=1S/2C6H2F3N2.4ClH.Sn.2H/c2*7-3-1-5(9)6(11-10)2-4(3)8;;;;;;;/h2*1-2H;4*1H;;;/q2*+1;;;;;;;/p-4. The summed E-state index contributed by atoms with van der Waals surface area (Å²) in [6.07, 6.45) is 0. The van der Waals surface area contributed by atoms with Crippen molar-refractivity contribution in [2.45, 2.75) is 0 Å². The molecule has 0 fully saturated rings. The maximum absolute atomic E-state index is 12.4. The summed E-state index contributed by atoms with van der Waals surface area (Å²) in [5.41, 5.74) is -1.24. The van der Waals surface area contributed by atoms with Gasteiger partial charge >= 0.3 is 35.3 Å². The molecule has 150 valence electrons. The van der Waals surface area contributed by atoms with Gasteiger partial charge in [0.15, 0.2) is 33.2 Å². The SMILES string of the molecule is N#[N+]c1cc(F)c(F)cc1F.N#[N+]c1cc(F)c(F)cc1F.[Cl-].[Cl-].[Cl-].[Cl-].[SnH2]. The molecular weight excluding hydrogens is 575 g/mol. The van der Waals surface area contributed by atoms with Crippen molar-refractivity contribution in [3.05, 3.63) is 69.1 Å². The summed E-state index contributed by atoms with van der Waals surface area (Å²) >= 11 is 0. The van der Waals surface area contributed by atoms with Gasteiger partial charge in [-0.3, -0.25) is 0 Å². The van der Waals surface area contributed by atoms with Crippen molar-refractivity contribution in [1.29, 1.82) is 10.8 Å². The Labute approximate surface area is 190 Å². The molecule has 0 saturated heterocycles. The molecule has 2 aromatic carbocycles. The third-order valence-electron chi connectivity index (χ3n) is 2.19. The average Bonchev–Trinajstić information content (AvgIpc) is 2.47. The van der Waals surface area contributed by atoms with Crippen LogP contribution in [0.5, 0.6) is 0 Å². The van der Waals surface area contributed by atoms with Gasteiger partial charge in [-0.25, -0.2) is 17.6 Å². The van der Waals surface area contributed by atoms with E-state index in [1.165, 1.54) is 0 Å². The summed E-state index contributed by atoms with van der Waals surface area (Å²) in [5.74, 6) is -7.33. The van der Waals surface area contributed by atoms with Crippen molar-refractivity contribution in [2.75, 3.05) is 0 Å². The zero-order valence-corrected chi connectivity index (χ0v) is 19.6. The van der Waals surface area contributed by atoms with E-state index in [0.717, 1.165) is 0 Å². The normalized spacial score (nSPS) is 7.56. The first-order valence-electron chi connectivity index (χ1n) is 5.29. The topological polar surface area (TPSA) is 56.3 Å². The van der Waals surface area contributed by atoms with Crippen molar-refractivity contribution >= 4 is 35.3 Å². The monoisotopic (exact) mass is 580 g/mol. The molecule has 0 amide bonds. The molecule has 2 rings (SSSR count). The molecule has 0 aliphatic carbocycles. The van der Waals surface area contributed by atoms with Crippen LogP contribution in [0.2, 0.25) is 0 Å². The van der Waals surface area contributed by atoms with Gasteiger partial charge in [-0.05, 0) is 0 Å². The van der Waals surface area contributed by atoms with Crippen LogP contribution < -0.4 is 49.6 Å². The van der Waals surface area contributed by atoms with Gasteiger partial charge in [0.25, 0.3) is 0 Å². The Bertz CT molecular complexity index is 748. The van der Waals surface area contributed by atoms with Gasteiger partial charge < -0.3 is 49.6 Å². The Morgan fingerprint density at radius 1 is 0.481 bits per heavy atom. The van der Waals surface area contributed by atoms with Gasteiger partial charge in [0.1, 0.15) is 0 Å². The molecule has 0 aliphatic heterocycles. The summed E-state index contributed by atoms with van der Waals surface area (Å²) in [6, 6.07) is 1.55. The summed E-state index contributed by atoms with van der Waals surface area (Å²) in [7, 11) is 0. The molecular formula is C12H6Cl4F6N4Sn-2. The third kappa shape index (κ3) is 10.7. The molecule has 2 radical (unpaired) electrons. The molecule has 0 saturated carbocycles. The number of benzene rings is 2. The fourth-order valence-corrected chi connectivity index (χ4v) is 1.18. The van der Waals surface area contributed by atoms with Crippen LogP contribution in [0, 0.1) is 45.7 Å². The molecule has 0 unspecified atom stereocenters.